The fourth-order valence-corrected chi connectivity index (χ4v) is 2.93. The van der Waals surface area contributed by atoms with Gasteiger partial charge in [-0.25, -0.2) is 4.79 Å². The SMILES string of the molecule is COc1ccc(-c2ccc(C(C)O[C@H]3C[C@@H](NC(=O)O)C3)nc2)cc1. The highest BCUT2D eigenvalue weighted by Crippen LogP contribution is 2.29. The molecule has 1 fully saturated rings. The Morgan fingerprint density at radius 1 is 1.20 bits per heavy atom. The quantitative estimate of drug-likeness (QED) is 0.838. The summed E-state index contributed by atoms with van der Waals surface area (Å²) < 4.78 is 11.1. The van der Waals surface area contributed by atoms with Crippen molar-refractivity contribution in [3.8, 4) is 16.9 Å². The Morgan fingerprint density at radius 3 is 2.44 bits per heavy atom. The summed E-state index contributed by atoms with van der Waals surface area (Å²) in [6.45, 7) is 1.97. The van der Waals surface area contributed by atoms with Gasteiger partial charge in [-0.05, 0) is 43.5 Å². The van der Waals surface area contributed by atoms with Gasteiger partial charge in [0.25, 0.3) is 0 Å². The third kappa shape index (κ3) is 4.28. The van der Waals surface area contributed by atoms with Crippen molar-refractivity contribution in [2.75, 3.05) is 7.11 Å². The molecule has 1 atom stereocenters. The molecule has 6 heteroatoms. The first kappa shape index (κ1) is 17.2. The molecule has 132 valence electrons. The van der Waals surface area contributed by atoms with Gasteiger partial charge in [0.2, 0.25) is 0 Å². The monoisotopic (exact) mass is 342 g/mol. The van der Waals surface area contributed by atoms with E-state index in [0.29, 0.717) is 12.8 Å². The van der Waals surface area contributed by atoms with Gasteiger partial charge in [0.1, 0.15) is 5.75 Å². The lowest BCUT2D eigenvalue weighted by atomic mass is 9.89. The zero-order valence-electron chi connectivity index (χ0n) is 14.3. The summed E-state index contributed by atoms with van der Waals surface area (Å²) in [5.41, 5.74) is 2.98. The second-order valence-electron chi connectivity index (χ2n) is 6.22. The van der Waals surface area contributed by atoms with Gasteiger partial charge in [0.05, 0.1) is 25.0 Å². The molecule has 0 radical (unpaired) electrons. The van der Waals surface area contributed by atoms with E-state index in [1.807, 2.05) is 49.5 Å². The first-order valence-corrected chi connectivity index (χ1v) is 8.30. The number of amides is 1. The maximum Gasteiger partial charge on any atom is 0.404 e. The number of hydrogen-bond acceptors (Lipinski definition) is 4. The summed E-state index contributed by atoms with van der Waals surface area (Å²) in [5, 5.41) is 11.1. The smallest absolute Gasteiger partial charge is 0.404 e. The molecular weight excluding hydrogens is 320 g/mol. The average Bonchev–Trinajstić information content (AvgIpc) is 2.59. The molecule has 1 heterocycles. The van der Waals surface area contributed by atoms with Crippen LogP contribution in [0.5, 0.6) is 5.75 Å². The molecule has 1 aromatic heterocycles. The predicted molar refractivity (Wildman–Crippen MR) is 93.7 cm³/mol. The van der Waals surface area contributed by atoms with Crippen LogP contribution in [0.25, 0.3) is 11.1 Å². The van der Waals surface area contributed by atoms with Crippen molar-refractivity contribution in [2.45, 2.75) is 38.0 Å². The molecule has 1 unspecified atom stereocenters. The van der Waals surface area contributed by atoms with Gasteiger partial charge >= 0.3 is 6.09 Å². The highest BCUT2D eigenvalue weighted by Gasteiger charge is 2.32. The number of aromatic nitrogens is 1. The minimum Gasteiger partial charge on any atom is -0.497 e. The van der Waals surface area contributed by atoms with Crippen molar-refractivity contribution < 1.29 is 19.4 Å². The molecule has 1 aliphatic rings. The number of carboxylic acid groups (broad SMARTS) is 1. The third-order valence-electron chi connectivity index (χ3n) is 4.45. The fraction of sp³-hybridized carbons (Fsp3) is 0.368. The maximum absolute atomic E-state index is 10.6. The summed E-state index contributed by atoms with van der Waals surface area (Å²) in [7, 11) is 1.65. The molecule has 6 nitrogen and oxygen atoms in total. The molecule has 1 aromatic carbocycles. The van der Waals surface area contributed by atoms with Crippen molar-refractivity contribution in [1.82, 2.24) is 10.3 Å². The van der Waals surface area contributed by atoms with Crippen molar-refractivity contribution >= 4 is 6.09 Å². The molecule has 0 aliphatic heterocycles. The molecule has 1 saturated carbocycles. The fourth-order valence-electron chi connectivity index (χ4n) is 2.93. The Balaban J connectivity index is 1.55. The van der Waals surface area contributed by atoms with Crippen LogP contribution < -0.4 is 10.1 Å². The molecule has 2 N–H and O–H groups in total. The van der Waals surface area contributed by atoms with E-state index in [0.717, 1.165) is 22.6 Å². The van der Waals surface area contributed by atoms with E-state index in [4.69, 9.17) is 14.6 Å². The molecule has 3 rings (SSSR count). The maximum atomic E-state index is 10.6. The van der Waals surface area contributed by atoms with Gasteiger partial charge < -0.3 is 19.9 Å². The van der Waals surface area contributed by atoms with Gasteiger partial charge in [0.15, 0.2) is 0 Å². The number of ether oxygens (including phenoxy) is 2. The molecule has 2 aromatic rings. The largest absolute Gasteiger partial charge is 0.497 e. The Morgan fingerprint density at radius 2 is 1.88 bits per heavy atom. The Bertz CT molecular complexity index is 709. The molecule has 25 heavy (non-hydrogen) atoms. The van der Waals surface area contributed by atoms with Crippen LogP contribution in [0.3, 0.4) is 0 Å². The zero-order valence-corrected chi connectivity index (χ0v) is 14.3. The summed E-state index contributed by atoms with van der Waals surface area (Å²) in [6, 6.07) is 11.8. The van der Waals surface area contributed by atoms with E-state index >= 15 is 0 Å². The number of carbonyl (C=O) groups is 1. The van der Waals surface area contributed by atoms with Crippen molar-refractivity contribution in [3.63, 3.8) is 0 Å². The third-order valence-corrected chi connectivity index (χ3v) is 4.45. The Kier molecular flexibility index (Phi) is 5.19. The molecular formula is C19H22N2O4. The molecule has 0 bridgehead atoms. The first-order chi connectivity index (χ1) is 12.0. The van der Waals surface area contributed by atoms with Crippen molar-refractivity contribution in [3.05, 3.63) is 48.3 Å². The standard InChI is InChI=1S/C19H22N2O4/c1-12(25-17-9-15(10-17)21-19(22)23)18-8-5-14(11-20-18)13-3-6-16(24-2)7-4-13/h3-8,11-12,15,17,21H,9-10H2,1-2H3,(H,22,23)/t12?,15-,17+. The van der Waals surface area contributed by atoms with E-state index < -0.39 is 6.09 Å². The molecule has 0 saturated heterocycles. The number of hydrogen-bond donors (Lipinski definition) is 2. The highest BCUT2D eigenvalue weighted by molar-refractivity contribution is 5.65. The summed E-state index contributed by atoms with van der Waals surface area (Å²) in [4.78, 5) is 15.1. The van der Waals surface area contributed by atoms with Crippen LogP contribution in [0.4, 0.5) is 4.79 Å². The normalized spacial score (nSPS) is 20.4. The second-order valence-corrected chi connectivity index (χ2v) is 6.22. The van der Waals surface area contributed by atoms with E-state index in [1.54, 1.807) is 7.11 Å². The number of benzene rings is 1. The van der Waals surface area contributed by atoms with Crippen LogP contribution in [-0.2, 0) is 4.74 Å². The van der Waals surface area contributed by atoms with Gasteiger partial charge in [-0.3, -0.25) is 4.98 Å². The van der Waals surface area contributed by atoms with Crippen LogP contribution in [0.15, 0.2) is 42.6 Å². The number of pyridine rings is 1. The summed E-state index contributed by atoms with van der Waals surface area (Å²) in [5.74, 6) is 0.826. The number of nitrogens with one attached hydrogen (secondary N) is 1. The number of nitrogens with zero attached hydrogens (tertiary/aromatic N) is 1. The lowest BCUT2D eigenvalue weighted by Gasteiger charge is -2.36. The first-order valence-electron chi connectivity index (χ1n) is 8.30. The van der Waals surface area contributed by atoms with Crippen LogP contribution in [-0.4, -0.2) is 35.4 Å². The highest BCUT2D eigenvalue weighted by atomic mass is 16.5. The molecule has 1 amide bonds. The van der Waals surface area contributed by atoms with Crippen molar-refractivity contribution in [1.29, 1.82) is 0 Å². The summed E-state index contributed by atoms with van der Waals surface area (Å²) in [6.07, 6.45) is 2.23. The minimum absolute atomic E-state index is 0.0000993. The summed E-state index contributed by atoms with van der Waals surface area (Å²) >= 11 is 0. The molecule has 0 spiro atoms. The van der Waals surface area contributed by atoms with Gasteiger partial charge in [-0.15, -0.1) is 0 Å². The minimum atomic E-state index is -0.979. The van der Waals surface area contributed by atoms with Crippen LogP contribution in [0.2, 0.25) is 0 Å². The van der Waals surface area contributed by atoms with Gasteiger partial charge in [0, 0.05) is 17.8 Å². The lowest BCUT2D eigenvalue weighted by Crippen LogP contribution is -2.47. The lowest BCUT2D eigenvalue weighted by molar-refractivity contribution is -0.0590. The molecule has 1 aliphatic carbocycles. The van der Waals surface area contributed by atoms with Gasteiger partial charge in [-0.1, -0.05) is 18.2 Å². The van der Waals surface area contributed by atoms with Crippen molar-refractivity contribution in [2.24, 2.45) is 0 Å². The van der Waals surface area contributed by atoms with Crippen LogP contribution in [0, 0.1) is 0 Å². The Hall–Kier alpha value is -2.60. The number of rotatable bonds is 6. The van der Waals surface area contributed by atoms with E-state index in [-0.39, 0.29) is 18.2 Å². The topological polar surface area (TPSA) is 80.7 Å². The van der Waals surface area contributed by atoms with Crippen LogP contribution >= 0.6 is 0 Å². The van der Waals surface area contributed by atoms with E-state index in [1.165, 1.54) is 0 Å². The second kappa shape index (κ2) is 7.53. The predicted octanol–water partition coefficient (Wildman–Crippen LogP) is 3.63. The average molecular weight is 342 g/mol. The van der Waals surface area contributed by atoms with Gasteiger partial charge in [-0.2, -0.15) is 0 Å². The van der Waals surface area contributed by atoms with Crippen LogP contribution in [0.1, 0.15) is 31.6 Å². The van der Waals surface area contributed by atoms with E-state index in [9.17, 15) is 4.79 Å². The number of methoxy groups -OCH3 is 1. The Labute approximate surface area is 146 Å². The van der Waals surface area contributed by atoms with E-state index in [2.05, 4.69) is 10.3 Å². The zero-order chi connectivity index (χ0) is 17.8.